The molecule has 0 saturated heterocycles. The van der Waals surface area contributed by atoms with Gasteiger partial charge in [0.1, 0.15) is 5.82 Å². The number of aliphatic hydroxyl groups excluding tert-OH is 1. The van der Waals surface area contributed by atoms with Crippen LogP contribution in [0.15, 0.2) is 24.3 Å². The molecule has 1 aromatic rings. The normalized spacial score (nSPS) is 10.2. The van der Waals surface area contributed by atoms with E-state index in [-0.39, 0.29) is 36.5 Å². The number of benzene rings is 1. The summed E-state index contributed by atoms with van der Waals surface area (Å²) in [6.45, 7) is -0.0530. The zero-order valence-electron chi connectivity index (χ0n) is 11.1. The molecule has 0 radical (unpaired) electrons. The van der Waals surface area contributed by atoms with Crippen LogP contribution in [-0.2, 0) is 9.59 Å². The first-order valence-electron chi connectivity index (χ1n) is 6.01. The molecule has 0 unspecified atom stereocenters. The minimum absolute atomic E-state index is 0.0205. The lowest BCUT2D eigenvalue weighted by atomic mass is 10.3. The lowest BCUT2D eigenvalue weighted by Gasteiger charge is -2.16. The highest BCUT2D eigenvalue weighted by Crippen LogP contribution is 2.08. The van der Waals surface area contributed by atoms with Gasteiger partial charge < -0.3 is 15.3 Å². The number of anilines is 1. The molecule has 0 aliphatic carbocycles. The molecule has 0 heterocycles. The van der Waals surface area contributed by atoms with Crippen molar-refractivity contribution >= 4 is 29.3 Å². The number of rotatable bonds is 7. The predicted molar refractivity (Wildman–Crippen MR) is 77.1 cm³/mol. The third kappa shape index (κ3) is 6.03. The third-order valence-electron chi connectivity index (χ3n) is 2.40. The Morgan fingerprint density at radius 3 is 2.60 bits per heavy atom. The molecule has 0 aliphatic heterocycles. The third-order valence-corrected chi connectivity index (χ3v) is 3.32. The van der Waals surface area contributed by atoms with Crippen molar-refractivity contribution in [3.63, 3.8) is 0 Å². The van der Waals surface area contributed by atoms with Crippen LogP contribution in [0.2, 0.25) is 0 Å². The number of carbonyl (C=O) groups is 2. The molecule has 110 valence electrons. The quantitative estimate of drug-likeness (QED) is 0.736. The minimum atomic E-state index is -0.379. The number of nitrogens with one attached hydrogen (secondary N) is 1. The Bertz CT molecular complexity index is 453. The van der Waals surface area contributed by atoms with Gasteiger partial charge in [0.15, 0.2) is 0 Å². The summed E-state index contributed by atoms with van der Waals surface area (Å²) in [5.41, 5.74) is 0.479. The van der Waals surface area contributed by atoms with Crippen molar-refractivity contribution in [2.24, 2.45) is 0 Å². The van der Waals surface area contributed by atoms with E-state index >= 15 is 0 Å². The molecule has 2 amide bonds. The average Bonchev–Trinajstić information content (AvgIpc) is 2.41. The van der Waals surface area contributed by atoms with Crippen LogP contribution in [0.25, 0.3) is 0 Å². The van der Waals surface area contributed by atoms with E-state index in [0.717, 1.165) is 0 Å². The molecule has 1 rings (SSSR count). The highest BCUT2D eigenvalue weighted by Gasteiger charge is 2.12. The van der Waals surface area contributed by atoms with Crippen molar-refractivity contribution < 1.29 is 19.1 Å². The number of aliphatic hydroxyl groups is 1. The van der Waals surface area contributed by atoms with E-state index < -0.39 is 0 Å². The maximum atomic E-state index is 12.7. The van der Waals surface area contributed by atoms with E-state index in [1.54, 1.807) is 0 Å². The first-order valence-corrected chi connectivity index (χ1v) is 7.16. The van der Waals surface area contributed by atoms with E-state index in [2.05, 4.69) is 5.32 Å². The fourth-order valence-corrected chi connectivity index (χ4v) is 2.04. The largest absolute Gasteiger partial charge is 0.396 e. The highest BCUT2D eigenvalue weighted by atomic mass is 32.2. The molecule has 2 N–H and O–H groups in total. The number of amides is 2. The molecule has 20 heavy (non-hydrogen) atoms. The SMILES string of the molecule is CN(CC(=O)Nc1ccc(F)cc1)C(=O)CSCCO. The molecular weight excluding hydrogens is 283 g/mol. The predicted octanol–water partition coefficient (Wildman–Crippen LogP) is 0.948. The number of hydrogen-bond donors (Lipinski definition) is 2. The Kier molecular flexibility index (Phi) is 7.03. The van der Waals surface area contributed by atoms with Crippen molar-refractivity contribution in [2.45, 2.75) is 0 Å². The van der Waals surface area contributed by atoms with Gasteiger partial charge in [-0.25, -0.2) is 4.39 Å². The fourth-order valence-electron chi connectivity index (χ4n) is 1.37. The van der Waals surface area contributed by atoms with Gasteiger partial charge in [0, 0.05) is 18.5 Å². The van der Waals surface area contributed by atoms with E-state index in [0.29, 0.717) is 11.4 Å². The van der Waals surface area contributed by atoms with Crippen LogP contribution >= 0.6 is 11.8 Å². The van der Waals surface area contributed by atoms with Gasteiger partial charge >= 0.3 is 0 Å². The molecule has 0 aromatic heterocycles. The number of halogens is 1. The van der Waals surface area contributed by atoms with Crippen molar-refractivity contribution in [2.75, 3.05) is 37.0 Å². The van der Waals surface area contributed by atoms with Crippen LogP contribution in [0.4, 0.5) is 10.1 Å². The maximum absolute atomic E-state index is 12.7. The van der Waals surface area contributed by atoms with Crippen molar-refractivity contribution in [1.29, 1.82) is 0 Å². The topological polar surface area (TPSA) is 69.6 Å². The monoisotopic (exact) mass is 300 g/mol. The van der Waals surface area contributed by atoms with Crippen LogP contribution < -0.4 is 5.32 Å². The van der Waals surface area contributed by atoms with Gasteiger partial charge in [-0.3, -0.25) is 9.59 Å². The molecule has 7 heteroatoms. The molecule has 0 aliphatic rings. The Morgan fingerprint density at radius 1 is 1.35 bits per heavy atom. The first kappa shape index (κ1) is 16.5. The van der Waals surface area contributed by atoms with E-state index in [1.807, 2.05) is 0 Å². The highest BCUT2D eigenvalue weighted by molar-refractivity contribution is 7.99. The lowest BCUT2D eigenvalue weighted by molar-refractivity contribution is -0.131. The smallest absolute Gasteiger partial charge is 0.243 e. The second-order valence-corrected chi connectivity index (χ2v) is 5.19. The summed E-state index contributed by atoms with van der Waals surface area (Å²) in [5.74, 6) is -0.198. The van der Waals surface area contributed by atoms with E-state index in [9.17, 15) is 14.0 Å². The van der Waals surface area contributed by atoms with Gasteiger partial charge in [0.2, 0.25) is 11.8 Å². The lowest BCUT2D eigenvalue weighted by Crippen LogP contribution is -2.36. The van der Waals surface area contributed by atoms with Crippen LogP contribution in [-0.4, -0.2) is 53.5 Å². The van der Waals surface area contributed by atoms with Crippen LogP contribution in [0.3, 0.4) is 0 Å². The fraction of sp³-hybridized carbons (Fsp3) is 0.385. The average molecular weight is 300 g/mol. The Balaban J connectivity index is 2.37. The number of carbonyl (C=O) groups excluding carboxylic acids is 2. The van der Waals surface area contributed by atoms with Gasteiger partial charge in [0.25, 0.3) is 0 Å². The second kappa shape index (κ2) is 8.55. The van der Waals surface area contributed by atoms with Crippen molar-refractivity contribution in [1.82, 2.24) is 4.90 Å². The van der Waals surface area contributed by atoms with E-state index in [4.69, 9.17) is 5.11 Å². The van der Waals surface area contributed by atoms with Gasteiger partial charge in [-0.05, 0) is 24.3 Å². The number of likely N-dealkylation sites (N-methyl/N-ethyl adjacent to an activating group) is 1. The van der Waals surface area contributed by atoms with Crippen molar-refractivity contribution in [3.8, 4) is 0 Å². The summed E-state index contributed by atoms with van der Waals surface area (Å²) >= 11 is 1.31. The summed E-state index contributed by atoms with van der Waals surface area (Å²) < 4.78 is 12.7. The number of nitrogens with zero attached hydrogens (tertiary/aromatic N) is 1. The zero-order chi connectivity index (χ0) is 15.0. The first-order chi connectivity index (χ1) is 9.52. The molecule has 0 spiro atoms. The molecule has 0 atom stereocenters. The minimum Gasteiger partial charge on any atom is -0.396 e. The summed E-state index contributed by atoms with van der Waals surface area (Å²) in [6.07, 6.45) is 0. The Labute approximate surface area is 121 Å². The molecular formula is C13H17FN2O3S. The molecule has 5 nitrogen and oxygen atoms in total. The Hall–Kier alpha value is -1.60. The second-order valence-electron chi connectivity index (χ2n) is 4.08. The molecule has 1 aromatic carbocycles. The summed E-state index contributed by atoms with van der Waals surface area (Å²) in [6, 6.07) is 5.39. The van der Waals surface area contributed by atoms with E-state index in [1.165, 1.54) is 48.0 Å². The van der Waals surface area contributed by atoms with Crippen molar-refractivity contribution in [3.05, 3.63) is 30.1 Å². The van der Waals surface area contributed by atoms with Gasteiger partial charge in [-0.15, -0.1) is 11.8 Å². The van der Waals surface area contributed by atoms with Gasteiger partial charge in [-0.1, -0.05) is 0 Å². The molecule has 0 fully saturated rings. The standard InChI is InChI=1S/C13H17FN2O3S/c1-16(13(19)9-20-7-6-17)8-12(18)15-11-4-2-10(14)3-5-11/h2-5,17H,6-9H2,1H3,(H,15,18). The summed E-state index contributed by atoms with van der Waals surface area (Å²) in [5, 5.41) is 11.2. The van der Waals surface area contributed by atoms with Gasteiger partial charge in [-0.2, -0.15) is 0 Å². The zero-order valence-corrected chi connectivity index (χ0v) is 12.0. The Morgan fingerprint density at radius 2 is 2.00 bits per heavy atom. The summed E-state index contributed by atoms with van der Waals surface area (Å²) in [4.78, 5) is 24.6. The van der Waals surface area contributed by atoms with Crippen LogP contribution in [0.5, 0.6) is 0 Å². The number of hydrogen-bond acceptors (Lipinski definition) is 4. The molecule has 0 saturated carbocycles. The molecule has 0 bridgehead atoms. The van der Waals surface area contributed by atoms with Gasteiger partial charge in [0.05, 0.1) is 18.9 Å². The van der Waals surface area contributed by atoms with Crippen LogP contribution in [0, 0.1) is 5.82 Å². The summed E-state index contributed by atoms with van der Waals surface area (Å²) in [7, 11) is 1.53. The maximum Gasteiger partial charge on any atom is 0.243 e. The van der Waals surface area contributed by atoms with Crippen LogP contribution in [0.1, 0.15) is 0 Å². The number of thioether (sulfide) groups is 1.